The number of rotatable bonds is 7. The van der Waals surface area contributed by atoms with Gasteiger partial charge in [-0.3, -0.25) is 13.9 Å². The van der Waals surface area contributed by atoms with Crippen molar-refractivity contribution in [3.63, 3.8) is 0 Å². The van der Waals surface area contributed by atoms with Gasteiger partial charge < -0.3 is 10.2 Å². The molecular formula is C22H27N3O4S. The average molecular weight is 430 g/mol. The SMILES string of the molecule is Cc1ccc(N(CC(=O)NCc2cccc(N3CCCC3=O)c2)S(C)(=O)=O)c(C)c1. The zero-order valence-corrected chi connectivity index (χ0v) is 18.3. The highest BCUT2D eigenvalue weighted by atomic mass is 32.2. The van der Waals surface area contributed by atoms with Crippen LogP contribution in [0.3, 0.4) is 0 Å². The zero-order valence-electron chi connectivity index (χ0n) is 17.5. The van der Waals surface area contributed by atoms with E-state index in [1.807, 2.05) is 50.2 Å². The molecule has 0 aliphatic carbocycles. The molecule has 0 bridgehead atoms. The summed E-state index contributed by atoms with van der Waals surface area (Å²) in [4.78, 5) is 26.2. The molecule has 1 N–H and O–H groups in total. The molecule has 1 saturated heterocycles. The minimum atomic E-state index is -3.63. The summed E-state index contributed by atoms with van der Waals surface area (Å²) in [5.74, 6) is -0.295. The highest BCUT2D eigenvalue weighted by molar-refractivity contribution is 7.92. The highest BCUT2D eigenvalue weighted by Gasteiger charge is 2.23. The minimum Gasteiger partial charge on any atom is -0.350 e. The lowest BCUT2D eigenvalue weighted by atomic mass is 10.1. The maximum atomic E-state index is 12.5. The van der Waals surface area contributed by atoms with Gasteiger partial charge in [-0.25, -0.2) is 8.42 Å². The van der Waals surface area contributed by atoms with E-state index in [9.17, 15) is 18.0 Å². The summed E-state index contributed by atoms with van der Waals surface area (Å²) in [7, 11) is -3.63. The van der Waals surface area contributed by atoms with Crippen LogP contribution in [0.25, 0.3) is 0 Å². The summed E-state index contributed by atoms with van der Waals surface area (Å²) in [6, 6.07) is 12.9. The van der Waals surface area contributed by atoms with Gasteiger partial charge in [0.15, 0.2) is 0 Å². The number of carbonyl (C=O) groups excluding carboxylic acids is 2. The van der Waals surface area contributed by atoms with Crippen molar-refractivity contribution in [2.45, 2.75) is 33.2 Å². The van der Waals surface area contributed by atoms with Crippen LogP contribution in [-0.2, 0) is 26.2 Å². The van der Waals surface area contributed by atoms with E-state index in [4.69, 9.17) is 0 Å². The Bertz CT molecular complexity index is 1070. The van der Waals surface area contributed by atoms with Crippen LogP contribution in [-0.4, -0.2) is 39.6 Å². The van der Waals surface area contributed by atoms with Gasteiger partial charge in [0.05, 0.1) is 11.9 Å². The summed E-state index contributed by atoms with van der Waals surface area (Å²) in [6.45, 7) is 4.40. The Morgan fingerprint density at radius 1 is 1.17 bits per heavy atom. The monoisotopic (exact) mass is 429 g/mol. The second-order valence-electron chi connectivity index (χ2n) is 7.66. The number of hydrogen-bond donors (Lipinski definition) is 1. The van der Waals surface area contributed by atoms with Crippen LogP contribution in [0.2, 0.25) is 0 Å². The standard InChI is InChI=1S/C22H27N3O4S/c1-16-9-10-20(17(2)12-16)25(30(3,28)29)15-21(26)23-14-18-6-4-7-19(13-18)24-11-5-8-22(24)27/h4,6-7,9-10,12-13H,5,8,11,14-15H2,1-3H3,(H,23,26). The molecule has 2 amide bonds. The Labute approximate surface area is 177 Å². The van der Waals surface area contributed by atoms with Crippen molar-refractivity contribution in [1.29, 1.82) is 0 Å². The second kappa shape index (κ2) is 8.87. The van der Waals surface area contributed by atoms with E-state index in [0.29, 0.717) is 18.7 Å². The predicted octanol–water partition coefficient (Wildman–Crippen LogP) is 2.51. The van der Waals surface area contributed by atoms with Crippen molar-refractivity contribution in [3.05, 3.63) is 59.2 Å². The molecule has 2 aromatic rings. The molecule has 0 spiro atoms. The molecular weight excluding hydrogens is 402 g/mol. The summed E-state index contributed by atoms with van der Waals surface area (Å²) < 4.78 is 25.7. The van der Waals surface area contributed by atoms with Crippen molar-refractivity contribution in [2.24, 2.45) is 0 Å². The maximum Gasteiger partial charge on any atom is 0.241 e. The van der Waals surface area contributed by atoms with Crippen molar-refractivity contribution in [1.82, 2.24) is 5.32 Å². The van der Waals surface area contributed by atoms with E-state index < -0.39 is 15.9 Å². The smallest absolute Gasteiger partial charge is 0.241 e. The van der Waals surface area contributed by atoms with Gasteiger partial charge in [-0.2, -0.15) is 0 Å². The lowest BCUT2D eigenvalue weighted by Gasteiger charge is -2.24. The Kier molecular flexibility index (Phi) is 6.45. The van der Waals surface area contributed by atoms with Crippen LogP contribution in [0.4, 0.5) is 11.4 Å². The number of aryl methyl sites for hydroxylation is 2. The van der Waals surface area contributed by atoms with Crippen molar-refractivity contribution in [2.75, 3.05) is 28.6 Å². The van der Waals surface area contributed by atoms with Gasteiger partial charge in [0.2, 0.25) is 21.8 Å². The van der Waals surface area contributed by atoms with Crippen molar-refractivity contribution in [3.8, 4) is 0 Å². The normalized spacial score (nSPS) is 14.1. The zero-order chi connectivity index (χ0) is 21.9. The molecule has 2 aromatic carbocycles. The molecule has 0 atom stereocenters. The van der Waals surface area contributed by atoms with E-state index in [1.165, 1.54) is 0 Å². The lowest BCUT2D eigenvalue weighted by Crippen LogP contribution is -2.40. The van der Waals surface area contributed by atoms with Crippen LogP contribution in [0.1, 0.15) is 29.5 Å². The summed E-state index contributed by atoms with van der Waals surface area (Å²) in [6.07, 6.45) is 2.50. The van der Waals surface area contributed by atoms with Crippen LogP contribution in [0, 0.1) is 13.8 Å². The number of benzene rings is 2. The van der Waals surface area contributed by atoms with Gasteiger partial charge in [-0.15, -0.1) is 0 Å². The highest BCUT2D eigenvalue weighted by Crippen LogP contribution is 2.24. The number of nitrogens with one attached hydrogen (secondary N) is 1. The molecule has 1 aliphatic heterocycles. The quantitative estimate of drug-likeness (QED) is 0.733. The summed E-state index contributed by atoms with van der Waals surface area (Å²) in [5.41, 5.74) is 3.96. The van der Waals surface area contributed by atoms with E-state index in [1.54, 1.807) is 11.0 Å². The van der Waals surface area contributed by atoms with E-state index >= 15 is 0 Å². The molecule has 0 unspecified atom stereocenters. The number of hydrogen-bond acceptors (Lipinski definition) is 4. The Balaban J connectivity index is 1.69. The summed E-state index contributed by atoms with van der Waals surface area (Å²) >= 11 is 0. The van der Waals surface area contributed by atoms with Crippen molar-refractivity contribution < 1.29 is 18.0 Å². The first-order valence-electron chi connectivity index (χ1n) is 9.86. The molecule has 7 nitrogen and oxygen atoms in total. The van der Waals surface area contributed by atoms with Gasteiger partial charge >= 0.3 is 0 Å². The summed E-state index contributed by atoms with van der Waals surface area (Å²) in [5, 5.41) is 2.78. The third-order valence-electron chi connectivity index (χ3n) is 5.09. The molecule has 1 aliphatic rings. The number of anilines is 2. The van der Waals surface area contributed by atoms with Crippen LogP contribution in [0.5, 0.6) is 0 Å². The third kappa shape index (κ3) is 5.18. The predicted molar refractivity (Wildman–Crippen MR) is 118 cm³/mol. The third-order valence-corrected chi connectivity index (χ3v) is 6.22. The maximum absolute atomic E-state index is 12.5. The van der Waals surface area contributed by atoms with Crippen molar-refractivity contribution >= 4 is 33.2 Å². The fourth-order valence-corrected chi connectivity index (χ4v) is 4.52. The number of sulfonamides is 1. The first-order chi connectivity index (χ1) is 14.1. The fraction of sp³-hybridized carbons (Fsp3) is 0.364. The van der Waals surface area contributed by atoms with E-state index in [-0.39, 0.29) is 19.0 Å². The van der Waals surface area contributed by atoms with Gasteiger partial charge in [0.1, 0.15) is 6.54 Å². The number of amides is 2. The largest absolute Gasteiger partial charge is 0.350 e. The molecule has 160 valence electrons. The Morgan fingerprint density at radius 2 is 1.93 bits per heavy atom. The molecule has 30 heavy (non-hydrogen) atoms. The topological polar surface area (TPSA) is 86.8 Å². The molecule has 3 rings (SSSR count). The molecule has 1 fully saturated rings. The van der Waals surface area contributed by atoms with Gasteiger partial charge in [-0.05, 0) is 49.6 Å². The molecule has 0 saturated carbocycles. The first-order valence-corrected chi connectivity index (χ1v) is 11.7. The minimum absolute atomic E-state index is 0.105. The average Bonchev–Trinajstić information content (AvgIpc) is 3.10. The molecule has 0 aromatic heterocycles. The van der Waals surface area contributed by atoms with Gasteiger partial charge in [0, 0.05) is 25.2 Å². The van der Waals surface area contributed by atoms with Crippen LogP contribution < -0.4 is 14.5 Å². The Hall–Kier alpha value is -2.87. The first kappa shape index (κ1) is 21.8. The number of carbonyl (C=O) groups is 2. The molecule has 1 heterocycles. The van der Waals surface area contributed by atoms with Gasteiger partial charge in [0.25, 0.3) is 0 Å². The van der Waals surface area contributed by atoms with Gasteiger partial charge in [-0.1, -0.05) is 29.8 Å². The lowest BCUT2D eigenvalue weighted by molar-refractivity contribution is -0.120. The number of nitrogens with zero attached hydrogens (tertiary/aromatic N) is 2. The second-order valence-corrected chi connectivity index (χ2v) is 9.56. The van der Waals surface area contributed by atoms with Crippen LogP contribution >= 0.6 is 0 Å². The molecule has 8 heteroatoms. The Morgan fingerprint density at radius 3 is 2.57 bits per heavy atom. The van der Waals surface area contributed by atoms with E-state index in [2.05, 4.69) is 5.32 Å². The van der Waals surface area contributed by atoms with E-state index in [0.717, 1.165) is 39.4 Å². The van der Waals surface area contributed by atoms with Crippen LogP contribution in [0.15, 0.2) is 42.5 Å². The fourth-order valence-electron chi connectivity index (χ4n) is 3.61. The molecule has 0 radical (unpaired) electrons.